The Balaban J connectivity index is 1.83. The van der Waals surface area contributed by atoms with E-state index in [0.29, 0.717) is 24.6 Å². The maximum Gasteiger partial charge on any atom is 0.276 e. The van der Waals surface area contributed by atoms with Gasteiger partial charge in [-0.3, -0.25) is 9.89 Å². The Morgan fingerprint density at radius 1 is 1.47 bits per heavy atom. The number of aromatic nitrogens is 2. The van der Waals surface area contributed by atoms with Gasteiger partial charge in [0.1, 0.15) is 5.82 Å². The van der Waals surface area contributed by atoms with E-state index in [9.17, 15) is 9.18 Å². The summed E-state index contributed by atoms with van der Waals surface area (Å²) in [5.41, 5.74) is 2.41. The summed E-state index contributed by atoms with van der Waals surface area (Å²) < 4.78 is 18.4. The number of aromatic amines is 1. The third-order valence-corrected chi connectivity index (χ3v) is 2.99. The van der Waals surface area contributed by atoms with Crippen LogP contribution in [0.1, 0.15) is 21.7 Å². The van der Waals surface area contributed by atoms with Gasteiger partial charge < -0.3 is 10.1 Å². The summed E-state index contributed by atoms with van der Waals surface area (Å²) in [4.78, 5) is 12.1. The summed E-state index contributed by atoms with van der Waals surface area (Å²) in [6.07, 6.45) is 0.718. The van der Waals surface area contributed by atoms with Crippen LogP contribution in [-0.2, 0) is 17.8 Å². The monoisotopic (exact) mass is 261 g/mol. The number of anilines is 1. The van der Waals surface area contributed by atoms with Crippen molar-refractivity contribution < 1.29 is 13.9 Å². The SMILES string of the molecule is O=C(Nc1cccc(F)c1)c1n[nH]c2c1COCC2. The molecule has 1 aromatic carbocycles. The van der Waals surface area contributed by atoms with Crippen molar-refractivity contribution in [1.82, 2.24) is 10.2 Å². The van der Waals surface area contributed by atoms with Crippen molar-refractivity contribution in [3.63, 3.8) is 0 Å². The van der Waals surface area contributed by atoms with Crippen molar-refractivity contribution in [2.24, 2.45) is 0 Å². The van der Waals surface area contributed by atoms with Crippen molar-refractivity contribution in [3.05, 3.63) is 47.0 Å². The van der Waals surface area contributed by atoms with Crippen molar-refractivity contribution in [1.29, 1.82) is 0 Å². The number of amides is 1. The fraction of sp³-hybridized carbons (Fsp3) is 0.231. The van der Waals surface area contributed by atoms with Crippen LogP contribution in [0.4, 0.5) is 10.1 Å². The van der Waals surface area contributed by atoms with Gasteiger partial charge in [-0.15, -0.1) is 0 Å². The molecule has 2 heterocycles. The van der Waals surface area contributed by atoms with E-state index in [2.05, 4.69) is 15.5 Å². The molecular weight excluding hydrogens is 249 g/mol. The molecule has 1 aliphatic rings. The zero-order chi connectivity index (χ0) is 13.2. The van der Waals surface area contributed by atoms with Crippen LogP contribution in [0.2, 0.25) is 0 Å². The number of ether oxygens (including phenoxy) is 1. The minimum absolute atomic E-state index is 0.305. The van der Waals surface area contributed by atoms with Crippen LogP contribution in [-0.4, -0.2) is 22.7 Å². The van der Waals surface area contributed by atoms with Gasteiger partial charge in [-0.1, -0.05) is 6.07 Å². The first-order valence-electron chi connectivity index (χ1n) is 5.95. The highest BCUT2D eigenvalue weighted by molar-refractivity contribution is 6.04. The number of fused-ring (bicyclic) bond motifs is 1. The maximum atomic E-state index is 13.0. The van der Waals surface area contributed by atoms with E-state index in [1.165, 1.54) is 18.2 Å². The fourth-order valence-corrected chi connectivity index (χ4v) is 2.06. The first-order valence-corrected chi connectivity index (χ1v) is 5.95. The van der Waals surface area contributed by atoms with Gasteiger partial charge in [-0.25, -0.2) is 4.39 Å². The number of benzene rings is 1. The van der Waals surface area contributed by atoms with E-state index >= 15 is 0 Å². The Hall–Kier alpha value is -2.21. The Bertz CT molecular complexity index is 624. The third kappa shape index (κ3) is 2.34. The molecule has 0 saturated carbocycles. The van der Waals surface area contributed by atoms with Crippen LogP contribution in [0, 0.1) is 5.82 Å². The van der Waals surface area contributed by atoms with Crippen LogP contribution in [0.25, 0.3) is 0 Å². The summed E-state index contributed by atoms with van der Waals surface area (Å²) >= 11 is 0. The van der Waals surface area contributed by atoms with Crippen molar-refractivity contribution in [3.8, 4) is 0 Å². The Labute approximate surface area is 108 Å². The molecular formula is C13H12FN3O2. The molecule has 2 N–H and O–H groups in total. The second-order valence-electron chi connectivity index (χ2n) is 4.30. The lowest BCUT2D eigenvalue weighted by Crippen LogP contribution is -2.17. The molecule has 0 saturated heterocycles. The lowest BCUT2D eigenvalue weighted by molar-refractivity contribution is 0.0985. The molecule has 98 valence electrons. The van der Waals surface area contributed by atoms with E-state index < -0.39 is 5.82 Å². The van der Waals surface area contributed by atoms with Gasteiger partial charge in [0.25, 0.3) is 5.91 Å². The highest BCUT2D eigenvalue weighted by Crippen LogP contribution is 2.19. The lowest BCUT2D eigenvalue weighted by Gasteiger charge is -2.12. The predicted octanol–water partition coefficient (Wildman–Crippen LogP) is 1.87. The number of hydrogen-bond acceptors (Lipinski definition) is 3. The number of rotatable bonds is 2. The molecule has 0 aliphatic carbocycles. The highest BCUT2D eigenvalue weighted by Gasteiger charge is 2.22. The van der Waals surface area contributed by atoms with Gasteiger partial charge in [0.15, 0.2) is 5.69 Å². The molecule has 1 aromatic heterocycles. The van der Waals surface area contributed by atoms with Gasteiger partial charge in [0.05, 0.1) is 13.2 Å². The minimum Gasteiger partial charge on any atom is -0.376 e. The molecule has 3 rings (SSSR count). The van der Waals surface area contributed by atoms with Gasteiger partial charge in [0, 0.05) is 23.4 Å². The van der Waals surface area contributed by atoms with E-state index in [0.717, 1.165) is 17.7 Å². The van der Waals surface area contributed by atoms with Crippen LogP contribution >= 0.6 is 0 Å². The largest absolute Gasteiger partial charge is 0.376 e. The number of H-pyrrole nitrogens is 1. The van der Waals surface area contributed by atoms with Gasteiger partial charge in [0.2, 0.25) is 0 Å². The van der Waals surface area contributed by atoms with E-state index in [4.69, 9.17) is 4.74 Å². The number of carbonyl (C=O) groups is 1. The first kappa shape index (κ1) is 11.9. The Morgan fingerprint density at radius 2 is 2.37 bits per heavy atom. The second-order valence-corrected chi connectivity index (χ2v) is 4.30. The molecule has 0 fully saturated rings. The third-order valence-electron chi connectivity index (χ3n) is 2.99. The van der Waals surface area contributed by atoms with Crippen molar-refractivity contribution >= 4 is 11.6 Å². The van der Waals surface area contributed by atoms with Crippen LogP contribution in [0.3, 0.4) is 0 Å². The van der Waals surface area contributed by atoms with Gasteiger partial charge >= 0.3 is 0 Å². The Morgan fingerprint density at radius 3 is 3.21 bits per heavy atom. The van der Waals surface area contributed by atoms with E-state index in [1.54, 1.807) is 6.07 Å². The number of carbonyl (C=O) groups excluding carboxylic acids is 1. The summed E-state index contributed by atoms with van der Waals surface area (Å²) in [6, 6.07) is 5.73. The molecule has 19 heavy (non-hydrogen) atoms. The van der Waals surface area contributed by atoms with Crippen LogP contribution in [0.5, 0.6) is 0 Å². The molecule has 2 aromatic rings. The van der Waals surface area contributed by atoms with E-state index in [1.807, 2.05) is 0 Å². The zero-order valence-electron chi connectivity index (χ0n) is 10.1. The standard InChI is InChI=1S/C13H12FN3O2/c14-8-2-1-3-9(6-8)15-13(18)12-10-7-19-5-4-11(10)16-17-12/h1-3,6H,4-5,7H2,(H,15,18)(H,16,17). The number of nitrogens with zero attached hydrogens (tertiary/aromatic N) is 1. The van der Waals surface area contributed by atoms with Crippen molar-refractivity contribution in [2.75, 3.05) is 11.9 Å². The average Bonchev–Trinajstić information content (AvgIpc) is 2.82. The van der Waals surface area contributed by atoms with E-state index in [-0.39, 0.29) is 5.91 Å². The number of nitrogens with one attached hydrogen (secondary N) is 2. The maximum absolute atomic E-state index is 13.0. The Kier molecular flexibility index (Phi) is 3.00. The molecule has 6 heteroatoms. The normalized spacial score (nSPS) is 13.9. The van der Waals surface area contributed by atoms with Gasteiger partial charge in [-0.05, 0) is 18.2 Å². The molecule has 0 spiro atoms. The average molecular weight is 261 g/mol. The fourth-order valence-electron chi connectivity index (χ4n) is 2.06. The quantitative estimate of drug-likeness (QED) is 0.867. The number of hydrogen-bond donors (Lipinski definition) is 2. The lowest BCUT2D eigenvalue weighted by atomic mass is 10.1. The minimum atomic E-state index is -0.398. The molecule has 0 unspecified atom stereocenters. The topological polar surface area (TPSA) is 67.0 Å². The predicted molar refractivity (Wildman–Crippen MR) is 66.3 cm³/mol. The molecule has 5 nitrogen and oxygen atoms in total. The molecule has 1 amide bonds. The second kappa shape index (κ2) is 4.81. The number of halogens is 1. The summed E-state index contributed by atoms with van der Waals surface area (Å²) in [5, 5.41) is 9.46. The van der Waals surface area contributed by atoms with Crippen LogP contribution < -0.4 is 5.32 Å². The molecule has 1 aliphatic heterocycles. The summed E-state index contributed by atoms with van der Waals surface area (Å²) in [6.45, 7) is 0.998. The smallest absolute Gasteiger partial charge is 0.276 e. The first-order chi connectivity index (χ1) is 9.24. The summed E-state index contributed by atoms with van der Waals surface area (Å²) in [7, 11) is 0. The zero-order valence-corrected chi connectivity index (χ0v) is 10.1. The van der Waals surface area contributed by atoms with Gasteiger partial charge in [-0.2, -0.15) is 5.10 Å². The van der Waals surface area contributed by atoms with Crippen LogP contribution in [0.15, 0.2) is 24.3 Å². The molecule has 0 radical (unpaired) electrons. The molecule has 0 bridgehead atoms. The summed E-state index contributed by atoms with van der Waals surface area (Å²) in [5.74, 6) is -0.765. The van der Waals surface area contributed by atoms with Crippen molar-refractivity contribution in [2.45, 2.75) is 13.0 Å². The highest BCUT2D eigenvalue weighted by atomic mass is 19.1. The molecule has 0 atom stereocenters.